The van der Waals surface area contributed by atoms with Crippen molar-refractivity contribution in [2.75, 3.05) is 32.1 Å². The molecule has 0 aliphatic carbocycles. The number of hydrogen-bond donors (Lipinski definition) is 0. The van der Waals surface area contributed by atoms with Gasteiger partial charge in [0.25, 0.3) is 0 Å². The first kappa shape index (κ1) is 15.2. The molecular weight excluding hydrogens is 328 g/mol. The molecule has 2 rings (SSSR count). The number of nitrogens with zero attached hydrogens (tertiary/aromatic N) is 4. The van der Waals surface area contributed by atoms with Crippen LogP contribution in [0.4, 0.5) is 5.69 Å². The molecule has 1 heterocycles. The molecule has 0 radical (unpaired) electrons. The molecular formula is C16H15BrN4. The Bertz CT molecular complexity index is 656. The van der Waals surface area contributed by atoms with E-state index in [-0.39, 0.29) is 5.57 Å². The van der Waals surface area contributed by atoms with E-state index in [9.17, 15) is 0 Å². The van der Waals surface area contributed by atoms with Crippen molar-refractivity contribution in [2.24, 2.45) is 0 Å². The minimum Gasteiger partial charge on any atom is -0.383 e. The van der Waals surface area contributed by atoms with Crippen LogP contribution >= 0.6 is 15.9 Å². The van der Waals surface area contributed by atoms with Gasteiger partial charge in [-0.15, -0.1) is 0 Å². The molecule has 4 nitrogen and oxygen atoms in total. The lowest BCUT2D eigenvalue weighted by Crippen LogP contribution is -2.18. The van der Waals surface area contributed by atoms with E-state index in [1.807, 2.05) is 61.6 Å². The Hall–Kier alpha value is -2.24. The van der Waals surface area contributed by atoms with Crippen molar-refractivity contribution in [1.82, 2.24) is 4.90 Å². The van der Waals surface area contributed by atoms with Crippen LogP contribution in [0.3, 0.4) is 0 Å². The van der Waals surface area contributed by atoms with Gasteiger partial charge in [0.05, 0.1) is 0 Å². The molecule has 5 heteroatoms. The van der Waals surface area contributed by atoms with Crippen LogP contribution in [0.5, 0.6) is 0 Å². The van der Waals surface area contributed by atoms with Gasteiger partial charge >= 0.3 is 0 Å². The molecule has 0 saturated carbocycles. The van der Waals surface area contributed by atoms with E-state index in [0.29, 0.717) is 13.1 Å². The van der Waals surface area contributed by atoms with E-state index >= 15 is 0 Å². The molecule has 1 aliphatic rings. The van der Waals surface area contributed by atoms with Crippen LogP contribution in [0.25, 0.3) is 0 Å². The first-order valence-corrected chi connectivity index (χ1v) is 7.26. The van der Waals surface area contributed by atoms with E-state index in [1.54, 1.807) is 0 Å². The normalized spacial score (nSPS) is 15.8. The van der Waals surface area contributed by atoms with Crippen molar-refractivity contribution in [3.63, 3.8) is 0 Å². The smallest absolute Gasteiger partial charge is 0.135 e. The van der Waals surface area contributed by atoms with Crippen LogP contribution < -0.4 is 4.90 Å². The summed E-state index contributed by atoms with van der Waals surface area (Å²) in [4.78, 5) is 4.10. The first-order valence-electron chi connectivity index (χ1n) is 6.46. The van der Waals surface area contributed by atoms with Gasteiger partial charge in [-0.2, -0.15) is 10.5 Å². The van der Waals surface area contributed by atoms with Gasteiger partial charge in [0, 0.05) is 49.1 Å². The summed E-state index contributed by atoms with van der Waals surface area (Å²) in [7, 11) is 3.87. The van der Waals surface area contributed by atoms with Crippen LogP contribution in [0.1, 0.15) is 0 Å². The van der Waals surface area contributed by atoms with Crippen molar-refractivity contribution in [1.29, 1.82) is 10.5 Å². The Morgan fingerprint density at radius 1 is 1.19 bits per heavy atom. The van der Waals surface area contributed by atoms with E-state index < -0.39 is 0 Å². The van der Waals surface area contributed by atoms with Gasteiger partial charge in [-0.1, -0.05) is 15.9 Å². The van der Waals surface area contributed by atoms with E-state index in [4.69, 9.17) is 10.5 Å². The molecule has 0 bridgehead atoms. The van der Waals surface area contributed by atoms with Gasteiger partial charge in [0.2, 0.25) is 0 Å². The summed E-state index contributed by atoms with van der Waals surface area (Å²) in [5.74, 6) is 0. The number of nitriles is 2. The summed E-state index contributed by atoms with van der Waals surface area (Å²) in [6.45, 7) is 1.28. The van der Waals surface area contributed by atoms with Crippen LogP contribution in [0.15, 0.2) is 51.7 Å². The van der Waals surface area contributed by atoms with Gasteiger partial charge in [-0.3, -0.25) is 0 Å². The summed E-state index contributed by atoms with van der Waals surface area (Å²) in [6, 6.07) is 12.0. The Labute approximate surface area is 133 Å². The van der Waals surface area contributed by atoms with Gasteiger partial charge < -0.3 is 9.80 Å². The summed E-state index contributed by atoms with van der Waals surface area (Å²) in [5, 5.41) is 18.3. The zero-order valence-corrected chi connectivity index (χ0v) is 13.6. The number of hydrogen-bond acceptors (Lipinski definition) is 4. The maximum atomic E-state index is 9.14. The Kier molecular flexibility index (Phi) is 4.67. The van der Waals surface area contributed by atoms with Crippen molar-refractivity contribution < 1.29 is 0 Å². The van der Waals surface area contributed by atoms with E-state index in [2.05, 4.69) is 20.8 Å². The second kappa shape index (κ2) is 6.47. The Morgan fingerprint density at radius 2 is 1.81 bits per heavy atom. The third kappa shape index (κ3) is 3.45. The largest absolute Gasteiger partial charge is 0.383 e. The van der Waals surface area contributed by atoms with E-state index in [1.165, 1.54) is 0 Å². The third-order valence-electron chi connectivity index (χ3n) is 3.23. The summed E-state index contributed by atoms with van der Waals surface area (Å²) in [6.07, 6.45) is 1.98. The van der Waals surface area contributed by atoms with Crippen molar-refractivity contribution in [2.45, 2.75) is 0 Å². The molecule has 1 aromatic rings. The van der Waals surface area contributed by atoms with Gasteiger partial charge in [0.15, 0.2) is 0 Å². The highest BCUT2D eigenvalue weighted by Crippen LogP contribution is 2.30. The topological polar surface area (TPSA) is 54.1 Å². The molecule has 1 aromatic carbocycles. The molecule has 0 unspecified atom stereocenters. The fourth-order valence-electron chi connectivity index (χ4n) is 2.31. The summed E-state index contributed by atoms with van der Waals surface area (Å²) in [5.41, 5.74) is 3.11. The predicted octanol–water partition coefficient (Wildman–Crippen LogP) is 3.06. The zero-order chi connectivity index (χ0) is 15.4. The van der Waals surface area contributed by atoms with E-state index in [0.717, 1.165) is 21.3 Å². The second-order valence-electron chi connectivity index (χ2n) is 5.03. The average Bonchev–Trinajstić information content (AvgIpc) is 2.84. The maximum absolute atomic E-state index is 9.14. The second-order valence-corrected chi connectivity index (χ2v) is 5.94. The molecule has 0 spiro atoms. The van der Waals surface area contributed by atoms with Crippen LogP contribution in [0.2, 0.25) is 0 Å². The average molecular weight is 343 g/mol. The number of anilines is 1. The summed E-state index contributed by atoms with van der Waals surface area (Å²) >= 11 is 3.42. The zero-order valence-electron chi connectivity index (χ0n) is 12.0. The molecule has 1 fully saturated rings. The van der Waals surface area contributed by atoms with Crippen molar-refractivity contribution in [3.8, 4) is 12.1 Å². The quantitative estimate of drug-likeness (QED) is 0.775. The van der Waals surface area contributed by atoms with Gasteiger partial charge in [-0.05, 0) is 29.8 Å². The standard InChI is InChI=1S/C16H15BrN4/c1-20(2)9-13-10-21(11-16(13)12(7-18)8-19)15-5-3-14(17)4-6-15/h3-6,9H,10-11H2,1-2H3. The fourth-order valence-corrected chi connectivity index (χ4v) is 2.58. The molecule has 0 aromatic heterocycles. The number of allylic oxidation sites excluding steroid dienone is 1. The van der Waals surface area contributed by atoms with Crippen LogP contribution in [-0.2, 0) is 0 Å². The van der Waals surface area contributed by atoms with Crippen molar-refractivity contribution >= 4 is 21.6 Å². The van der Waals surface area contributed by atoms with Gasteiger partial charge in [0.1, 0.15) is 17.7 Å². The number of benzene rings is 1. The third-order valence-corrected chi connectivity index (χ3v) is 3.76. The Morgan fingerprint density at radius 3 is 2.33 bits per heavy atom. The van der Waals surface area contributed by atoms with Crippen LogP contribution in [-0.4, -0.2) is 32.1 Å². The SMILES string of the molecule is CN(C)C=C1CN(c2ccc(Br)cc2)CC1=C(C#N)C#N. The molecule has 21 heavy (non-hydrogen) atoms. The minimum atomic E-state index is 0.197. The maximum Gasteiger partial charge on any atom is 0.135 e. The molecule has 1 aliphatic heterocycles. The molecule has 1 saturated heterocycles. The lowest BCUT2D eigenvalue weighted by Gasteiger charge is -2.17. The summed E-state index contributed by atoms with van der Waals surface area (Å²) < 4.78 is 1.03. The first-order chi connectivity index (χ1) is 10.0. The molecule has 0 amide bonds. The molecule has 0 atom stereocenters. The highest BCUT2D eigenvalue weighted by molar-refractivity contribution is 9.10. The number of rotatable bonds is 2. The lowest BCUT2D eigenvalue weighted by atomic mass is 10.1. The monoisotopic (exact) mass is 342 g/mol. The highest BCUT2D eigenvalue weighted by Gasteiger charge is 2.25. The Balaban J connectivity index is 2.40. The van der Waals surface area contributed by atoms with Crippen molar-refractivity contribution in [3.05, 3.63) is 51.7 Å². The molecule has 0 N–H and O–H groups in total. The molecule has 106 valence electrons. The fraction of sp³-hybridized carbons (Fsp3) is 0.250. The van der Waals surface area contributed by atoms with Crippen LogP contribution in [0, 0.1) is 22.7 Å². The number of halogens is 1. The highest BCUT2D eigenvalue weighted by atomic mass is 79.9. The minimum absolute atomic E-state index is 0.197. The predicted molar refractivity (Wildman–Crippen MR) is 86.4 cm³/mol. The lowest BCUT2D eigenvalue weighted by molar-refractivity contribution is 0.559. The van der Waals surface area contributed by atoms with Gasteiger partial charge in [-0.25, -0.2) is 0 Å².